The summed E-state index contributed by atoms with van der Waals surface area (Å²) in [5.74, 6) is 0. The van der Waals surface area contributed by atoms with Crippen molar-refractivity contribution in [3.05, 3.63) is 0 Å². The Kier molecular flexibility index (Phi) is 5.19. The molecule has 0 aromatic carbocycles. The van der Waals surface area contributed by atoms with Gasteiger partial charge < -0.3 is 10.1 Å². The highest BCUT2D eigenvalue weighted by molar-refractivity contribution is 14.1. The Balaban J connectivity index is 1.82. The molecular formula is C13H25BINO. The predicted molar refractivity (Wildman–Crippen MR) is 84.0 cm³/mol. The number of hydrogen-bond acceptors (Lipinski definition) is 2. The molecule has 1 N–H and O–H groups in total. The van der Waals surface area contributed by atoms with Crippen LogP contribution in [0.3, 0.4) is 0 Å². The molecule has 0 radical (unpaired) electrons. The number of rotatable bonds is 5. The van der Waals surface area contributed by atoms with E-state index in [1.165, 1.54) is 57.8 Å². The third-order valence-corrected chi connectivity index (χ3v) is 5.75. The molecule has 1 atom stereocenters. The first-order valence-corrected chi connectivity index (χ1v) is 8.30. The Morgan fingerprint density at radius 3 is 2.65 bits per heavy atom. The second-order valence-corrected chi connectivity index (χ2v) is 8.10. The molecule has 2 nitrogen and oxygen atoms in total. The molecule has 2 rings (SSSR count). The fraction of sp³-hybridized carbons (Fsp3) is 1.00. The van der Waals surface area contributed by atoms with E-state index in [9.17, 15) is 0 Å². The van der Waals surface area contributed by atoms with Gasteiger partial charge in [0, 0.05) is 10.0 Å². The monoisotopic (exact) mass is 349 g/mol. The zero-order chi connectivity index (χ0) is 12.2. The van der Waals surface area contributed by atoms with Crippen molar-refractivity contribution in [1.29, 1.82) is 0 Å². The minimum absolute atomic E-state index is 0.268. The molecule has 2 aliphatic rings. The van der Waals surface area contributed by atoms with Crippen molar-refractivity contribution in [2.75, 3.05) is 19.7 Å². The van der Waals surface area contributed by atoms with Gasteiger partial charge in [0.2, 0.25) is 0 Å². The maximum absolute atomic E-state index is 6.12. The Morgan fingerprint density at radius 2 is 1.94 bits per heavy atom. The Morgan fingerprint density at radius 1 is 1.18 bits per heavy atom. The van der Waals surface area contributed by atoms with E-state index in [0.717, 1.165) is 13.2 Å². The van der Waals surface area contributed by atoms with Gasteiger partial charge in [-0.25, -0.2) is 0 Å². The molecule has 1 heterocycles. The summed E-state index contributed by atoms with van der Waals surface area (Å²) in [5.41, 5.74) is 0.268. The lowest BCUT2D eigenvalue weighted by Gasteiger charge is -2.43. The third-order valence-electron chi connectivity index (χ3n) is 4.29. The molecule has 1 spiro atoms. The molecular weight excluding hydrogens is 324 g/mol. The zero-order valence-electron chi connectivity index (χ0n) is 11.1. The quantitative estimate of drug-likeness (QED) is 0.356. The molecule has 98 valence electrons. The summed E-state index contributed by atoms with van der Waals surface area (Å²) in [5, 5.41) is 3.54. The maximum atomic E-state index is 6.12. The summed E-state index contributed by atoms with van der Waals surface area (Å²) >= 11 is 2.72. The number of nitrogens with one attached hydrogen (secondary N) is 1. The SMILES string of the molecule is BCCNCC[C@]1(I)CCOC2(CCCC2)C1. The first kappa shape index (κ1) is 14.1. The molecule has 2 fully saturated rings. The van der Waals surface area contributed by atoms with E-state index in [4.69, 9.17) is 4.74 Å². The Labute approximate surface area is 120 Å². The van der Waals surface area contributed by atoms with Crippen molar-refractivity contribution in [2.24, 2.45) is 0 Å². The van der Waals surface area contributed by atoms with Crippen LogP contribution in [-0.4, -0.2) is 36.6 Å². The fourth-order valence-corrected chi connectivity index (χ4v) is 4.52. The van der Waals surface area contributed by atoms with Gasteiger partial charge in [-0.2, -0.15) is 0 Å². The van der Waals surface area contributed by atoms with E-state index in [-0.39, 0.29) is 5.60 Å². The average Bonchev–Trinajstić information content (AvgIpc) is 2.72. The number of hydrogen-bond donors (Lipinski definition) is 1. The molecule has 4 heteroatoms. The van der Waals surface area contributed by atoms with Crippen LogP contribution in [0.2, 0.25) is 6.32 Å². The summed E-state index contributed by atoms with van der Waals surface area (Å²) in [7, 11) is 2.23. The molecule has 1 aliphatic heterocycles. The van der Waals surface area contributed by atoms with Crippen molar-refractivity contribution in [3.63, 3.8) is 0 Å². The summed E-state index contributed by atoms with van der Waals surface area (Å²) in [6.45, 7) is 3.32. The van der Waals surface area contributed by atoms with Crippen molar-refractivity contribution < 1.29 is 4.74 Å². The van der Waals surface area contributed by atoms with Crippen molar-refractivity contribution in [1.82, 2.24) is 5.32 Å². The summed E-state index contributed by atoms with van der Waals surface area (Å²) in [6, 6.07) is 0. The summed E-state index contributed by atoms with van der Waals surface area (Å²) in [6.07, 6.45) is 10.4. The van der Waals surface area contributed by atoms with Gasteiger partial charge in [0.15, 0.2) is 0 Å². The normalized spacial score (nSPS) is 32.1. The van der Waals surface area contributed by atoms with Crippen molar-refractivity contribution in [3.8, 4) is 0 Å². The largest absolute Gasteiger partial charge is 0.375 e. The fourth-order valence-electron chi connectivity index (χ4n) is 3.34. The van der Waals surface area contributed by atoms with Gasteiger partial charge in [-0.05, 0) is 45.2 Å². The lowest BCUT2D eigenvalue weighted by atomic mass is 9.83. The standard InChI is InChI=1S/C13H25BINO/c14-7-9-16-8-5-12(15)6-10-17-13(11-12)3-1-2-4-13/h16H,1-11,14H2/t12-/m0/s1. The molecule has 1 aliphatic carbocycles. The van der Waals surface area contributed by atoms with Crippen molar-refractivity contribution >= 4 is 30.4 Å². The third kappa shape index (κ3) is 3.84. The van der Waals surface area contributed by atoms with Crippen molar-refractivity contribution in [2.45, 2.75) is 60.3 Å². The van der Waals surface area contributed by atoms with E-state index in [1.807, 2.05) is 0 Å². The highest BCUT2D eigenvalue weighted by Crippen LogP contribution is 2.48. The van der Waals surface area contributed by atoms with Gasteiger partial charge in [-0.3, -0.25) is 0 Å². The highest BCUT2D eigenvalue weighted by Gasteiger charge is 2.45. The van der Waals surface area contributed by atoms with Crippen LogP contribution < -0.4 is 5.32 Å². The predicted octanol–water partition coefficient (Wildman–Crippen LogP) is 2.31. The topological polar surface area (TPSA) is 21.3 Å². The minimum atomic E-state index is 0.268. The minimum Gasteiger partial charge on any atom is -0.375 e. The highest BCUT2D eigenvalue weighted by atomic mass is 127. The van der Waals surface area contributed by atoms with Crippen LogP contribution in [-0.2, 0) is 4.74 Å². The van der Waals surface area contributed by atoms with E-state index in [2.05, 4.69) is 35.8 Å². The van der Waals surface area contributed by atoms with Crippen LogP contribution in [0.1, 0.15) is 44.9 Å². The van der Waals surface area contributed by atoms with Gasteiger partial charge in [0.25, 0.3) is 0 Å². The molecule has 0 amide bonds. The lowest BCUT2D eigenvalue weighted by molar-refractivity contribution is -0.0831. The van der Waals surface area contributed by atoms with E-state index in [0.29, 0.717) is 3.42 Å². The Bertz CT molecular complexity index is 246. The van der Waals surface area contributed by atoms with Crippen LogP contribution in [0.4, 0.5) is 0 Å². The number of alkyl halides is 1. The van der Waals surface area contributed by atoms with Gasteiger partial charge in [-0.1, -0.05) is 41.8 Å². The first-order chi connectivity index (χ1) is 8.18. The summed E-state index contributed by atoms with van der Waals surface area (Å²) < 4.78 is 6.61. The van der Waals surface area contributed by atoms with Crippen LogP contribution in [0.25, 0.3) is 0 Å². The second-order valence-electron chi connectivity index (χ2n) is 5.82. The van der Waals surface area contributed by atoms with Crippen LogP contribution in [0.15, 0.2) is 0 Å². The Hall–Kier alpha value is 0.715. The second kappa shape index (κ2) is 6.24. The number of halogens is 1. The van der Waals surface area contributed by atoms with E-state index >= 15 is 0 Å². The van der Waals surface area contributed by atoms with E-state index < -0.39 is 0 Å². The van der Waals surface area contributed by atoms with E-state index in [1.54, 1.807) is 0 Å². The molecule has 0 aromatic heterocycles. The van der Waals surface area contributed by atoms with Crippen LogP contribution in [0, 0.1) is 0 Å². The summed E-state index contributed by atoms with van der Waals surface area (Å²) in [4.78, 5) is 0. The molecule has 17 heavy (non-hydrogen) atoms. The van der Waals surface area contributed by atoms with Gasteiger partial charge in [0.1, 0.15) is 7.85 Å². The van der Waals surface area contributed by atoms with Gasteiger partial charge >= 0.3 is 0 Å². The smallest absolute Gasteiger partial charge is 0.102 e. The molecule has 1 saturated heterocycles. The number of ether oxygens (including phenoxy) is 1. The van der Waals surface area contributed by atoms with Gasteiger partial charge in [-0.15, -0.1) is 0 Å². The zero-order valence-corrected chi connectivity index (χ0v) is 13.2. The molecule has 1 saturated carbocycles. The van der Waals surface area contributed by atoms with Crippen LogP contribution >= 0.6 is 22.6 Å². The average molecular weight is 349 g/mol. The van der Waals surface area contributed by atoms with Gasteiger partial charge in [0.05, 0.1) is 5.60 Å². The molecule has 0 bridgehead atoms. The maximum Gasteiger partial charge on any atom is 0.102 e. The lowest BCUT2D eigenvalue weighted by Crippen LogP contribution is -2.45. The first-order valence-electron chi connectivity index (χ1n) is 7.22. The molecule has 0 aromatic rings. The molecule has 0 unspecified atom stereocenters. The van der Waals surface area contributed by atoms with Crippen LogP contribution in [0.5, 0.6) is 0 Å².